The van der Waals surface area contributed by atoms with Gasteiger partial charge in [0.25, 0.3) is 17.7 Å². The molecule has 1 aliphatic heterocycles. The van der Waals surface area contributed by atoms with Crippen LogP contribution < -0.4 is 34.9 Å². The second-order valence-corrected chi connectivity index (χ2v) is 8.74. The average molecular weight is 590 g/mol. The second-order valence-electron chi connectivity index (χ2n) is 7.89. The highest BCUT2D eigenvalue weighted by molar-refractivity contribution is 9.10. The first-order valence-electron chi connectivity index (χ1n) is 11.9. The van der Waals surface area contributed by atoms with E-state index in [9.17, 15) is 19.2 Å². The normalized spacial score (nSPS) is 14.4. The summed E-state index contributed by atoms with van der Waals surface area (Å²) < 4.78 is 22.8. The summed E-state index contributed by atoms with van der Waals surface area (Å²) in [5.74, 6) is -1.02. The summed E-state index contributed by atoms with van der Waals surface area (Å²) in [5.41, 5.74) is 5.48. The Hall–Kier alpha value is -4.06. The van der Waals surface area contributed by atoms with Crippen molar-refractivity contribution < 1.29 is 38.1 Å². The van der Waals surface area contributed by atoms with Crippen LogP contribution in [-0.4, -0.2) is 50.2 Å². The molecule has 5 amide bonds. The van der Waals surface area contributed by atoms with Crippen molar-refractivity contribution in [3.05, 3.63) is 45.9 Å². The van der Waals surface area contributed by atoms with Crippen LogP contribution in [0.2, 0.25) is 0 Å². The summed E-state index contributed by atoms with van der Waals surface area (Å²) in [6.07, 6.45) is 2.11. The number of nitrogens with one attached hydrogen (secondary N) is 1. The Bertz CT molecular complexity index is 1280. The SMILES string of the molecule is CCCOc1ccc(N2C(=O)NC(=O)/C(=C\c3cc(Br)c(OCC(N)=O)c(OCC)c3)C2=O)cc1OCC. The predicted molar refractivity (Wildman–Crippen MR) is 142 cm³/mol. The van der Waals surface area contributed by atoms with Crippen LogP contribution in [0.25, 0.3) is 6.08 Å². The van der Waals surface area contributed by atoms with Crippen LogP contribution >= 0.6 is 15.9 Å². The summed E-state index contributed by atoms with van der Waals surface area (Å²) in [6.45, 7) is 6.24. The molecule has 0 spiro atoms. The van der Waals surface area contributed by atoms with Crippen molar-refractivity contribution in [2.24, 2.45) is 5.73 Å². The van der Waals surface area contributed by atoms with Crippen LogP contribution in [0.3, 0.4) is 0 Å². The molecule has 0 atom stereocenters. The number of imide groups is 2. The van der Waals surface area contributed by atoms with Crippen molar-refractivity contribution in [1.82, 2.24) is 5.32 Å². The second kappa shape index (κ2) is 13.0. The lowest BCUT2D eigenvalue weighted by Crippen LogP contribution is -2.54. The molecular formula is C26H28BrN3O8. The number of carbonyl (C=O) groups is 4. The molecule has 3 N–H and O–H groups in total. The zero-order valence-electron chi connectivity index (χ0n) is 21.2. The molecule has 1 heterocycles. The maximum atomic E-state index is 13.4. The lowest BCUT2D eigenvalue weighted by atomic mass is 10.1. The number of primary amides is 1. The van der Waals surface area contributed by atoms with Gasteiger partial charge >= 0.3 is 6.03 Å². The third-order valence-electron chi connectivity index (χ3n) is 5.05. The van der Waals surface area contributed by atoms with Gasteiger partial charge in [0.2, 0.25) is 0 Å². The first-order valence-corrected chi connectivity index (χ1v) is 12.7. The van der Waals surface area contributed by atoms with E-state index in [0.29, 0.717) is 34.7 Å². The molecule has 0 aliphatic carbocycles. The molecule has 0 aromatic heterocycles. The number of hydrogen-bond donors (Lipinski definition) is 2. The molecule has 0 radical (unpaired) electrons. The van der Waals surface area contributed by atoms with E-state index in [4.69, 9.17) is 24.7 Å². The molecule has 2 aromatic rings. The number of benzene rings is 2. The number of hydrogen-bond acceptors (Lipinski definition) is 8. The van der Waals surface area contributed by atoms with E-state index < -0.39 is 23.8 Å². The van der Waals surface area contributed by atoms with Crippen LogP contribution in [0.1, 0.15) is 32.8 Å². The van der Waals surface area contributed by atoms with E-state index in [1.807, 2.05) is 6.92 Å². The topological polar surface area (TPSA) is 146 Å². The molecule has 1 fully saturated rings. The Balaban J connectivity index is 2.00. The number of urea groups is 1. The molecule has 11 nitrogen and oxygen atoms in total. The summed E-state index contributed by atoms with van der Waals surface area (Å²) >= 11 is 3.36. The molecule has 0 bridgehead atoms. The molecule has 12 heteroatoms. The number of amides is 5. The zero-order valence-corrected chi connectivity index (χ0v) is 22.8. The van der Waals surface area contributed by atoms with E-state index >= 15 is 0 Å². The summed E-state index contributed by atoms with van der Waals surface area (Å²) in [6, 6.07) is 6.85. The molecule has 0 unspecified atom stereocenters. The number of nitrogens with two attached hydrogens (primary N) is 1. The van der Waals surface area contributed by atoms with Crippen LogP contribution in [0.4, 0.5) is 10.5 Å². The standard InChI is InChI=1S/C26H28BrN3O8/c1-4-9-37-19-8-7-16(13-20(19)35-5-2)30-25(33)17(24(32)29-26(30)34)10-15-11-18(27)23(38-14-22(28)31)21(12-15)36-6-3/h7-8,10-13H,4-6,9,14H2,1-3H3,(H2,28,31)(H,29,32,34)/b17-10+. The van der Waals surface area contributed by atoms with Crippen LogP contribution in [0.15, 0.2) is 40.4 Å². The highest BCUT2D eigenvalue weighted by atomic mass is 79.9. The molecule has 1 saturated heterocycles. The number of anilines is 1. The molecule has 3 rings (SSSR count). The lowest BCUT2D eigenvalue weighted by Gasteiger charge is -2.27. The quantitative estimate of drug-likeness (QED) is 0.282. The number of carbonyl (C=O) groups excluding carboxylic acids is 4. The highest BCUT2D eigenvalue weighted by Gasteiger charge is 2.37. The van der Waals surface area contributed by atoms with Gasteiger partial charge in [-0.1, -0.05) is 6.92 Å². The Morgan fingerprint density at radius 1 is 0.974 bits per heavy atom. The fourth-order valence-electron chi connectivity index (χ4n) is 3.51. The summed E-state index contributed by atoms with van der Waals surface area (Å²) in [5, 5.41) is 2.20. The minimum Gasteiger partial charge on any atom is -0.490 e. The van der Waals surface area contributed by atoms with Crippen molar-refractivity contribution >= 4 is 51.4 Å². The first-order chi connectivity index (χ1) is 18.2. The van der Waals surface area contributed by atoms with Crippen molar-refractivity contribution in [2.45, 2.75) is 27.2 Å². The minimum absolute atomic E-state index is 0.199. The number of rotatable bonds is 12. The Labute approximate surface area is 228 Å². The van der Waals surface area contributed by atoms with Gasteiger partial charge in [0.1, 0.15) is 5.57 Å². The zero-order chi connectivity index (χ0) is 27.8. The number of barbiturate groups is 1. The fourth-order valence-corrected chi connectivity index (χ4v) is 4.09. The van der Waals surface area contributed by atoms with Crippen LogP contribution in [-0.2, 0) is 14.4 Å². The maximum Gasteiger partial charge on any atom is 0.335 e. The number of halogens is 1. The Morgan fingerprint density at radius 3 is 2.34 bits per heavy atom. The minimum atomic E-state index is -0.895. The van der Waals surface area contributed by atoms with Gasteiger partial charge in [-0.15, -0.1) is 0 Å². The third kappa shape index (κ3) is 6.62. The molecule has 1 aliphatic rings. The van der Waals surface area contributed by atoms with Gasteiger partial charge in [-0.3, -0.25) is 19.7 Å². The molecule has 0 saturated carbocycles. The molecule has 38 heavy (non-hydrogen) atoms. The lowest BCUT2D eigenvalue weighted by molar-refractivity contribution is -0.123. The van der Waals surface area contributed by atoms with E-state index in [1.165, 1.54) is 24.3 Å². The van der Waals surface area contributed by atoms with Gasteiger partial charge in [0.15, 0.2) is 29.6 Å². The number of ether oxygens (including phenoxy) is 4. The molecular weight excluding hydrogens is 562 g/mol. The largest absolute Gasteiger partial charge is 0.490 e. The van der Waals surface area contributed by atoms with Crippen LogP contribution in [0, 0.1) is 0 Å². The van der Waals surface area contributed by atoms with E-state index in [2.05, 4.69) is 21.2 Å². The Morgan fingerprint density at radius 2 is 1.68 bits per heavy atom. The van der Waals surface area contributed by atoms with E-state index in [1.54, 1.807) is 26.0 Å². The number of nitrogens with zero attached hydrogens (tertiary/aromatic N) is 1. The van der Waals surface area contributed by atoms with Gasteiger partial charge in [-0.2, -0.15) is 0 Å². The summed E-state index contributed by atoms with van der Waals surface area (Å²) in [7, 11) is 0. The smallest absolute Gasteiger partial charge is 0.335 e. The van der Waals surface area contributed by atoms with Gasteiger partial charge in [-0.25, -0.2) is 9.69 Å². The van der Waals surface area contributed by atoms with E-state index in [0.717, 1.165) is 11.3 Å². The van der Waals surface area contributed by atoms with Gasteiger partial charge < -0.3 is 24.7 Å². The fraction of sp³-hybridized carbons (Fsp3) is 0.308. The molecule has 202 valence electrons. The van der Waals surface area contributed by atoms with Gasteiger partial charge in [0, 0.05) is 6.07 Å². The first kappa shape index (κ1) is 28.5. The van der Waals surface area contributed by atoms with Gasteiger partial charge in [0.05, 0.1) is 30.0 Å². The molecule has 2 aromatic carbocycles. The van der Waals surface area contributed by atoms with Crippen molar-refractivity contribution in [2.75, 3.05) is 31.3 Å². The third-order valence-corrected chi connectivity index (χ3v) is 5.64. The summed E-state index contributed by atoms with van der Waals surface area (Å²) in [4.78, 5) is 50.8. The predicted octanol–water partition coefficient (Wildman–Crippen LogP) is 3.57. The van der Waals surface area contributed by atoms with Crippen molar-refractivity contribution in [3.8, 4) is 23.0 Å². The van der Waals surface area contributed by atoms with Crippen molar-refractivity contribution in [1.29, 1.82) is 0 Å². The van der Waals surface area contributed by atoms with Crippen LogP contribution in [0.5, 0.6) is 23.0 Å². The van der Waals surface area contributed by atoms with Crippen molar-refractivity contribution in [3.63, 3.8) is 0 Å². The Kier molecular flexibility index (Phi) is 9.72. The highest BCUT2D eigenvalue weighted by Crippen LogP contribution is 2.38. The van der Waals surface area contributed by atoms with Gasteiger partial charge in [-0.05, 0) is 72.1 Å². The maximum absolute atomic E-state index is 13.4. The average Bonchev–Trinajstić information content (AvgIpc) is 2.85. The van der Waals surface area contributed by atoms with E-state index in [-0.39, 0.29) is 36.0 Å². The monoisotopic (exact) mass is 589 g/mol.